The molecule has 34 heavy (non-hydrogen) atoms. The van der Waals surface area contributed by atoms with E-state index in [9.17, 15) is 18.0 Å². The molecule has 2 heterocycles. The minimum atomic E-state index is -3.32. The number of nitrogens with zero attached hydrogens (tertiary/aromatic N) is 2. The highest BCUT2D eigenvalue weighted by Crippen LogP contribution is 2.29. The molecule has 0 unspecified atom stereocenters. The number of rotatable bonds is 6. The lowest BCUT2D eigenvalue weighted by Crippen LogP contribution is -2.27. The molecule has 0 aliphatic heterocycles. The van der Waals surface area contributed by atoms with E-state index in [1.807, 2.05) is 40.7 Å². The van der Waals surface area contributed by atoms with Crippen LogP contribution in [0.25, 0.3) is 10.8 Å². The molecule has 2 aromatic heterocycles. The first-order chi connectivity index (χ1) is 15.8. The first kappa shape index (κ1) is 25.4. The van der Waals surface area contributed by atoms with Gasteiger partial charge in [0, 0.05) is 34.4 Å². The maximum Gasteiger partial charge on any atom is 0.418 e. The summed E-state index contributed by atoms with van der Waals surface area (Å²) in [4.78, 5) is 29.8. The van der Waals surface area contributed by atoms with Crippen molar-refractivity contribution in [2.45, 2.75) is 64.5 Å². The van der Waals surface area contributed by atoms with Gasteiger partial charge in [0.15, 0.2) is 9.84 Å². The number of carbonyl (C=O) groups excluding carboxylic acids is 2. The van der Waals surface area contributed by atoms with Crippen molar-refractivity contribution in [3.63, 3.8) is 0 Å². The average Bonchev–Trinajstić information content (AvgIpc) is 3.16. The minimum Gasteiger partial charge on any atom is -0.443 e. The second-order valence-electron chi connectivity index (χ2n) is 9.39. The van der Waals surface area contributed by atoms with Gasteiger partial charge in [0.25, 0.3) is 5.91 Å². The van der Waals surface area contributed by atoms with Gasteiger partial charge >= 0.3 is 6.09 Å². The zero-order valence-electron chi connectivity index (χ0n) is 20.4. The summed E-state index contributed by atoms with van der Waals surface area (Å²) in [6.45, 7) is 11.2. The number of pyridine rings is 1. The van der Waals surface area contributed by atoms with Crippen molar-refractivity contribution in [3.8, 4) is 0 Å². The van der Waals surface area contributed by atoms with E-state index in [4.69, 9.17) is 4.74 Å². The zero-order valence-corrected chi connectivity index (χ0v) is 21.2. The van der Waals surface area contributed by atoms with Crippen LogP contribution in [0.4, 0.5) is 4.79 Å². The Balaban J connectivity index is 1.81. The molecule has 0 spiro atoms. The Kier molecular flexibility index (Phi) is 7.16. The number of amides is 1. The molecular weight excluding hydrogens is 454 g/mol. The van der Waals surface area contributed by atoms with E-state index in [1.165, 1.54) is 16.8 Å². The van der Waals surface area contributed by atoms with Gasteiger partial charge in [0.1, 0.15) is 5.60 Å². The van der Waals surface area contributed by atoms with E-state index in [0.717, 1.165) is 16.5 Å². The maximum absolute atomic E-state index is 12.8. The van der Waals surface area contributed by atoms with E-state index in [-0.39, 0.29) is 29.0 Å². The Morgan fingerprint density at radius 1 is 1.15 bits per heavy atom. The second-order valence-corrected chi connectivity index (χ2v) is 11.7. The van der Waals surface area contributed by atoms with Crippen molar-refractivity contribution >= 4 is 32.6 Å². The molecule has 182 valence electrons. The summed E-state index contributed by atoms with van der Waals surface area (Å²) in [5.74, 6) is -0.234. The van der Waals surface area contributed by atoms with Crippen LogP contribution >= 0.6 is 0 Å². The number of ether oxygens (including phenoxy) is 1. The molecule has 0 fully saturated rings. The highest BCUT2D eigenvalue weighted by molar-refractivity contribution is 7.91. The fraction of sp³-hybridized carbons (Fsp3) is 0.400. The molecule has 1 aromatic carbocycles. The van der Waals surface area contributed by atoms with E-state index in [1.54, 1.807) is 31.3 Å². The van der Waals surface area contributed by atoms with Crippen LogP contribution in [0.3, 0.4) is 0 Å². The molecule has 0 atom stereocenters. The Morgan fingerprint density at radius 3 is 2.41 bits per heavy atom. The van der Waals surface area contributed by atoms with Gasteiger partial charge in [-0.25, -0.2) is 13.2 Å². The quantitative estimate of drug-likeness (QED) is 0.544. The average molecular weight is 486 g/mol. The van der Waals surface area contributed by atoms with Gasteiger partial charge < -0.3 is 10.1 Å². The molecule has 8 nitrogen and oxygen atoms in total. The van der Waals surface area contributed by atoms with Crippen molar-refractivity contribution < 1.29 is 22.7 Å². The van der Waals surface area contributed by atoms with Gasteiger partial charge in [-0.05, 0) is 51.0 Å². The Bertz CT molecular complexity index is 1320. The second kappa shape index (κ2) is 9.58. The Hall–Kier alpha value is -3.20. The molecule has 3 rings (SSSR count). The summed E-state index contributed by atoms with van der Waals surface area (Å²) in [5, 5.41) is 4.44. The minimum absolute atomic E-state index is 0.00141. The molecule has 1 N–H and O–H groups in total. The van der Waals surface area contributed by atoms with Gasteiger partial charge in [0.2, 0.25) is 0 Å². The van der Waals surface area contributed by atoms with Crippen LogP contribution in [-0.2, 0) is 21.1 Å². The number of sulfone groups is 1. The number of benzene rings is 1. The predicted octanol–water partition coefficient (Wildman–Crippen LogP) is 4.67. The van der Waals surface area contributed by atoms with Crippen LogP contribution in [0, 0.1) is 0 Å². The molecule has 0 radical (unpaired) electrons. The highest BCUT2D eigenvalue weighted by atomic mass is 32.2. The Labute approximate surface area is 200 Å². The smallest absolute Gasteiger partial charge is 0.418 e. The summed E-state index contributed by atoms with van der Waals surface area (Å²) >= 11 is 0. The maximum atomic E-state index is 12.8. The van der Waals surface area contributed by atoms with Crippen LogP contribution in [0.15, 0.2) is 47.6 Å². The fourth-order valence-electron chi connectivity index (χ4n) is 3.57. The van der Waals surface area contributed by atoms with E-state index in [0.29, 0.717) is 11.3 Å². The van der Waals surface area contributed by atoms with Crippen molar-refractivity contribution in [1.29, 1.82) is 0 Å². The molecular formula is C25H31N3O5S. The lowest BCUT2D eigenvalue weighted by Gasteiger charge is -2.21. The van der Waals surface area contributed by atoms with Crippen molar-refractivity contribution in [2.24, 2.45) is 0 Å². The molecule has 0 bridgehead atoms. The summed E-state index contributed by atoms with van der Waals surface area (Å²) in [7, 11) is -3.32. The summed E-state index contributed by atoms with van der Waals surface area (Å²) in [6.07, 6.45) is 2.54. The third-order valence-electron chi connectivity index (χ3n) is 5.22. The number of aromatic nitrogens is 2. The zero-order chi connectivity index (χ0) is 25.3. The first-order valence-corrected chi connectivity index (χ1v) is 12.8. The van der Waals surface area contributed by atoms with Gasteiger partial charge in [-0.15, -0.1) is 0 Å². The lowest BCUT2D eigenvalue weighted by atomic mass is 10.0. The number of hydrogen-bond donors (Lipinski definition) is 1. The normalized spacial score (nSPS) is 12.2. The molecule has 3 aromatic rings. The molecule has 0 aliphatic carbocycles. The number of carbonyl (C=O) groups is 2. The van der Waals surface area contributed by atoms with E-state index >= 15 is 0 Å². The summed E-state index contributed by atoms with van der Waals surface area (Å²) < 4.78 is 30.9. The van der Waals surface area contributed by atoms with Crippen LogP contribution in [0.2, 0.25) is 0 Å². The van der Waals surface area contributed by atoms with Crippen LogP contribution in [0.5, 0.6) is 0 Å². The fourth-order valence-corrected chi connectivity index (χ4v) is 4.39. The molecule has 0 saturated heterocycles. The third-order valence-corrected chi connectivity index (χ3v) is 6.94. The van der Waals surface area contributed by atoms with Gasteiger partial charge in [-0.1, -0.05) is 26.8 Å². The Morgan fingerprint density at radius 2 is 1.85 bits per heavy atom. The van der Waals surface area contributed by atoms with Gasteiger partial charge in [-0.2, -0.15) is 0 Å². The molecule has 1 amide bonds. The number of fused-ring (bicyclic) bond motifs is 1. The standard InChI is InChI=1S/C25H31N3O5S/c1-7-34(31,32)20-10-9-19(26-14-20)13-27-23(29)17-8-11-21-18(12-17)15-28(22(21)16(2)3)24(30)33-25(4,5)6/h8-12,14-16H,7,13H2,1-6H3,(H,27,29). The number of nitrogens with one attached hydrogen (secondary N) is 1. The van der Waals surface area contributed by atoms with Crippen molar-refractivity contribution in [3.05, 3.63) is 59.7 Å². The van der Waals surface area contributed by atoms with E-state index in [2.05, 4.69) is 10.3 Å². The number of hydrogen-bond acceptors (Lipinski definition) is 6. The lowest BCUT2D eigenvalue weighted by molar-refractivity contribution is 0.0532. The van der Waals surface area contributed by atoms with Crippen molar-refractivity contribution in [2.75, 3.05) is 5.75 Å². The summed E-state index contributed by atoms with van der Waals surface area (Å²) in [6, 6.07) is 8.37. The largest absolute Gasteiger partial charge is 0.443 e. The van der Waals surface area contributed by atoms with E-state index < -0.39 is 21.5 Å². The highest BCUT2D eigenvalue weighted by Gasteiger charge is 2.23. The molecule has 0 saturated carbocycles. The topological polar surface area (TPSA) is 107 Å². The van der Waals surface area contributed by atoms with Crippen molar-refractivity contribution in [1.82, 2.24) is 14.9 Å². The molecule has 0 aliphatic rings. The van der Waals surface area contributed by atoms with Crippen LogP contribution in [-0.4, -0.2) is 41.3 Å². The molecule has 9 heteroatoms. The monoisotopic (exact) mass is 485 g/mol. The van der Waals surface area contributed by atoms with Gasteiger partial charge in [0.05, 0.1) is 22.9 Å². The summed E-state index contributed by atoms with van der Waals surface area (Å²) in [5.41, 5.74) is 1.18. The van der Waals surface area contributed by atoms with Crippen LogP contribution < -0.4 is 5.32 Å². The SMILES string of the molecule is CCS(=O)(=O)c1ccc(CNC(=O)c2ccc3c(C(C)C)n(C(=O)OC(C)(C)C)cc3c2)nc1. The predicted molar refractivity (Wildman–Crippen MR) is 131 cm³/mol. The third kappa shape index (κ3) is 5.64. The van der Waals surface area contributed by atoms with Gasteiger partial charge in [-0.3, -0.25) is 14.3 Å². The first-order valence-electron chi connectivity index (χ1n) is 11.2. The van der Waals surface area contributed by atoms with Crippen LogP contribution in [0.1, 0.15) is 69.2 Å².